The summed E-state index contributed by atoms with van der Waals surface area (Å²) in [4.78, 5) is 0. The molecule has 0 aliphatic rings. The van der Waals surface area contributed by atoms with Crippen LogP contribution in [0.1, 0.15) is 29.9 Å². The van der Waals surface area contributed by atoms with Gasteiger partial charge in [-0.3, -0.25) is 4.68 Å². The lowest BCUT2D eigenvalue weighted by Crippen LogP contribution is -2.20. The molecule has 0 aliphatic carbocycles. The van der Waals surface area contributed by atoms with Crippen LogP contribution in [0, 0.1) is 6.92 Å². The molecule has 0 bridgehead atoms. The highest BCUT2D eigenvalue weighted by Gasteiger charge is 2.12. The summed E-state index contributed by atoms with van der Waals surface area (Å²) >= 11 is 12.1. The van der Waals surface area contributed by atoms with Crippen molar-refractivity contribution in [3.05, 3.63) is 51.3 Å². The van der Waals surface area contributed by atoms with Gasteiger partial charge in [-0.15, -0.1) is 0 Å². The summed E-state index contributed by atoms with van der Waals surface area (Å²) < 4.78 is 1.82. The van der Waals surface area contributed by atoms with E-state index in [0.29, 0.717) is 6.54 Å². The highest BCUT2D eigenvalue weighted by molar-refractivity contribution is 6.31. The molecule has 102 valence electrons. The first-order valence-electron chi connectivity index (χ1n) is 6.16. The molecule has 1 heterocycles. The monoisotopic (exact) mass is 297 g/mol. The van der Waals surface area contributed by atoms with Crippen LogP contribution in [-0.4, -0.2) is 9.78 Å². The molecule has 19 heavy (non-hydrogen) atoms. The molecule has 1 N–H and O–H groups in total. The van der Waals surface area contributed by atoms with Crippen LogP contribution in [0.5, 0.6) is 0 Å². The summed E-state index contributed by atoms with van der Waals surface area (Å²) in [6.07, 6.45) is 0. The highest BCUT2D eigenvalue weighted by atomic mass is 35.5. The Morgan fingerprint density at radius 1 is 1.26 bits per heavy atom. The van der Waals surface area contributed by atoms with E-state index in [0.717, 1.165) is 21.4 Å². The van der Waals surface area contributed by atoms with Crippen molar-refractivity contribution in [1.29, 1.82) is 0 Å². The molecule has 3 nitrogen and oxygen atoms in total. The van der Waals surface area contributed by atoms with E-state index < -0.39 is 0 Å². The van der Waals surface area contributed by atoms with Crippen LogP contribution in [0.15, 0.2) is 24.3 Å². The van der Waals surface area contributed by atoms with Gasteiger partial charge in [-0.2, -0.15) is 5.10 Å². The Morgan fingerprint density at radius 2 is 1.89 bits per heavy atom. The second-order valence-corrected chi connectivity index (χ2v) is 5.44. The third-order valence-corrected chi connectivity index (χ3v) is 3.95. The predicted molar refractivity (Wildman–Crippen MR) is 79.7 cm³/mol. The van der Waals surface area contributed by atoms with Gasteiger partial charge in [0.15, 0.2) is 0 Å². The molecule has 0 unspecified atom stereocenters. The Morgan fingerprint density at radius 3 is 2.42 bits per heavy atom. The first-order valence-corrected chi connectivity index (χ1v) is 6.91. The normalized spacial score (nSPS) is 12.7. The molecule has 0 aliphatic heterocycles. The zero-order valence-electron chi connectivity index (χ0n) is 11.2. The van der Waals surface area contributed by atoms with E-state index in [9.17, 15) is 0 Å². The van der Waals surface area contributed by atoms with Gasteiger partial charge >= 0.3 is 0 Å². The van der Waals surface area contributed by atoms with Gasteiger partial charge in [0.25, 0.3) is 0 Å². The number of halogens is 2. The zero-order valence-corrected chi connectivity index (χ0v) is 12.8. The van der Waals surface area contributed by atoms with Crippen molar-refractivity contribution in [2.75, 3.05) is 0 Å². The summed E-state index contributed by atoms with van der Waals surface area (Å²) in [5, 5.41) is 9.23. The molecule has 1 aromatic carbocycles. The molecule has 2 aromatic rings. The largest absolute Gasteiger partial charge is 0.305 e. The topological polar surface area (TPSA) is 29.9 Å². The fourth-order valence-corrected chi connectivity index (χ4v) is 2.34. The SMILES string of the molecule is Cc1nn(C)c(CN[C@@H](C)c2ccc(Cl)cc2)c1Cl. The molecule has 0 radical (unpaired) electrons. The van der Waals surface area contributed by atoms with Crippen LogP contribution in [0.2, 0.25) is 10.0 Å². The minimum absolute atomic E-state index is 0.225. The average Bonchev–Trinajstić information content (AvgIpc) is 2.62. The van der Waals surface area contributed by atoms with E-state index in [-0.39, 0.29) is 6.04 Å². The van der Waals surface area contributed by atoms with E-state index in [4.69, 9.17) is 23.2 Å². The Balaban J connectivity index is 2.04. The fraction of sp³-hybridized carbons (Fsp3) is 0.357. The second kappa shape index (κ2) is 5.95. The number of hydrogen-bond donors (Lipinski definition) is 1. The van der Waals surface area contributed by atoms with Crippen LogP contribution < -0.4 is 5.32 Å². The van der Waals surface area contributed by atoms with E-state index in [2.05, 4.69) is 17.3 Å². The first-order chi connectivity index (χ1) is 8.99. The third kappa shape index (κ3) is 3.30. The van der Waals surface area contributed by atoms with E-state index in [1.54, 1.807) is 0 Å². The quantitative estimate of drug-likeness (QED) is 0.928. The molecule has 2 rings (SSSR count). The lowest BCUT2D eigenvalue weighted by Gasteiger charge is -2.14. The smallest absolute Gasteiger partial charge is 0.0860 e. The van der Waals surface area contributed by atoms with Gasteiger partial charge < -0.3 is 5.32 Å². The molecule has 0 saturated heterocycles. The molecule has 0 saturated carbocycles. The minimum atomic E-state index is 0.225. The Labute approximate surface area is 123 Å². The standard InChI is InChI=1S/C14H17Cl2N3/c1-9(11-4-6-12(15)7-5-11)17-8-13-14(16)10(2)18-19(13)3/h4-7,9,17H,8H2,1-3H3/t9-/m0/s1. The zero-order chi connectivity index (χ0) is 14.0. The van der Waals surface area contributed by atoms with Gasteiger partial charge in [0.2, 0.25) is 0 Å². The second-order valence-electron chi connectivity index (χ2n) is 4.62. The lowest BCUT2D eigenvalue weighted by molar-refractivity contribution is 0.548. The number of benzene rings is 1. The van der Waals surface area contributed by atoms with Gasteiger partial charge in [0, 0.05) is 24.7 Å². The van der Waals surface area contributed by atoms with Gasteiger partial charge in [0.05, 0.1) is 16.4 Å². The van der Waals surface area contributed by atoms with Crippen LogP contribution in [0.25, 0.3) is 0 Å². The third-order valence-electron chi connectivity index (χ3n) is 3.21. The van der Waals surface area contributed by atoms with Crippen LogP contribution in [-0.2, 0) is 13.6 Å². The summed E-state index contributed by atoms with van der Waals surface area (Å²) in [5.41, 5.74) is 3.06. The summed E-state index contributed by atoms with van der Waals surface area (Å²) in [7, 11) is 1.91. The number of rotatable bonds is 4. The number of aromatic nitrogens is 2. The van der Waals surface area contributed by atoms with Crippen LogP contribution in [0.3, 0.4) is 0 Å². The molecule has 5 heteroatoms. The average molecular weight is 298 g/mol. The van der Waals surface area contributed by atoms with Crippen molar-refractivity contribution in [2.45, 2.75) is 26.4 Å². The van der Waals surface area contributed by atoms with Crippen molar-refractivity contribution < 1.29 is 0 Å². The van der Waals surface area contributed by atoms with Crippen molar-refractivity contribution in [2.24, 2.45) is 7.05 Å². The molecule has 0 fully saturated rings. The Bertz CT molecular complexity index is 561. The van der Waals surface area contributed by atoms with Gasteiger partial charge in [0.1, 0.15) is 0 Å². The summed E-state index contributed by atoms with van der Waals surface area (Å²) in [5.74, 6) is 0. The van der Waals surface area contributed by atoms with Crippen molar-refractivity contribution in [3.63, 3.8) is 0 Å². The van der Waals surface area contributed by atoms with Crippen LogP contribution >= 0.6 is 23.2 Å². The summed E-state index contributed by atoms with van der Waals surface area (Å²) in [6, 6.07) is 8.07. The van der Waals surface area contributed by atoms with Gasteiger partial charge in [-0.1, -0.05) is 35.3 Å². The van der Waals surface area contributed by atoms with Gasteiger partial charge in [-0.25, -0.2) is 0 Å². The van der Waals surface area contributed by atoms with Crippen molar-refractivity contribution >= 4 is 23.2 Å². The maximum Gasteiger partial charge on any atom is 0.0860 e. The van der Waals surface area contributed by atoms with E-state index in [1.807, 2.05) is 42.9 Å². The minimum Gasteiger partial charge on any atom is -0.305 e. The first kappa shape index (κ1) is 14.4. The van der Waals surface area contributed by atoms with Crippen molar-refractivity contribution in [1.82, 2.24) is 15.1 Å². The Hall–Kier alpha value is -1.03. The predicted octanol–water partition coefficient (Wildman–Crippen LogP) is 3.89. The number of nitrogens with one attached hydrogen (secondary N) is 1. The maximum absolute atomic E-state index is 6.22. The highest BCUT2D eigenvalue weighted by Crippen LogP contribution is 2.21. The molecular formula is C14H17Cl2N3. The Kier molecular flexibility index (Phi) is 4.50. The molecule has 0 spiro atoms. The number of hydrogen-bond acceptors (Lipinski definition) is 2. The van der Waals surface area contributed by atoms with Crippen molar-refractivity contribution in [3.8, 4) is 0 Å². The van der Waals surface area contributed by atoms with Gasteiger partial charge in [-0.05, 0) is 31.5 Å². The van der Waals surface area contributed by atoms with Crippen LogP contribution in [0.4, 0.5) is 0 Å². The molecule has 0 amide bonds. The number of nitrogens with zero attached hydrogens (tertiary/aromatic N) is 2. The van der Waals surface area contributed by atoms with E-state index >= 15 is 0 Å². The summed E-state index contributed by atoms with van der Waals surface area (Å²) in [6.45, 7) is 4.70. The molecular weight excluding hydrogens is 281 g/mol. The maximum atomic E-state index is 6.22. The number of aryl methyl sites for hydroxylation is 2. The molecule has 1 atom stereocenters. The fourth-order valence-electron chi connectivity index (χ4n) is 1.99. The van der Waals surface area contributed by atoms with E-state index in [1.165, 1.54) is 5.56 Å². The lowest BCUT2D eigenvalue weighted by atomic mass is 10.1. The molecule has 1 aromatic heterocycles.